The second kappa shape index (κ2) is 9.21. The normalized spacial score (nSPS) is 11.9. The summed E-state index contributed by atoms with van der Waals surface area (Å²) < 4.78 is 28.0. The highest BCUT2D eigenvalue weighted by molar-refractivity contribution is 7.89. The van der Waals surface area contributed by atoms with Gasteiger partial charge < -0.3 is 15.4 Å². The fourth-order valence-corrected chi connectivity index (χ4v) is 2.85. The number of primary sulfonamides is 1. The van der Waals surface area contributed by atoms with Crippen LogP contribution in [0.5, 0.6) is 5.75 Å². The molecule has 140 valence electrons. The van der Waals surface area contributed by atoms with Gasteiger partial charge in [-0.2, -0.15) is 0 Å². The van der Waals surface area contributed by atoms with Crippen LogP contribution in [-0.2, 0) is 23.1 Å². The Labute approximate surface area is 154 Å². The second-order valence-electron chi connectivity index (χ2n) is 5.59. The highest BCUT2D eigenvalue weighted by Gasteiger charge is 2.07. The summed E-state index contributed by atoms with van der Waals surface area (Å²) in [4.78, 5) is 4.57. The molecule has 0 aliphatic carbocycles. The van der Waals surface area contributed by atoms with Crippen molar-refractivity contribution in [3.8, 4) is 5.75 Å². The Balaban J connectivity index is 2.04. The minimum absolute atomic E-state index is 0.0846. The molecule has 0 atom stereocenters. The molecule has 4 N–H and O–H groups in total. The fourth-order valence-electron chi connectivity index (χ4n) is 2.26. The zero-order valence-electron chi connectivity index (χ0n) is 14.9. The van der Waals surface area contributed by atoms with Crippen molar-refractivity contribution in [3.05, 3.63) is 59.7 Å². The molecule has 0 saturated carbocycles. The maximum absolute atomic E-state index is 11.4. The van der Waals surface area contributed by atoms with E-state index in [-0.39, 0.29) is 4.90 Å². The third-order valence-corrected chi connectivity index (χ3v) is 4.52. The molecule has 0 heterocycles. The number of nitrogens with one attached hydrogen (secondary N) is 2. The Kier molecular flexibility index (Phi) is 6.99. The molecule has 0 aromatic heterocycles. The first kappa shape index (κ1) is 19.7. The van der Waals surface area contributed by atoms with Crippen molar-refractivity contribution in [2.45, 2.75) is 24.9 Å². The molecule has 0 bridgehead atoms. The number of hydrogen-bond acceptors (Lipinski definition) is 4. The van der Waals surface area contributed by atoms with Gasteiger partial charge in [-0.15, -0.1) is 0 Å². The molecule has 0 unspecified atom stereocenters. The number of aliphatic imine (C=N–C) groups is 1. The Morgan fingerprint density at radius 1 is 1.12 bits per heavy atom. The molecule has 2 aromatic carbocycles. The van der Waals surface area contributed by atoms with Crippen LogP contribution in [0, 0.1) is 0 Å². The molecule has 0 spiro atoms. The average Bonchev–Trinajstić information content (AvgIpc) is 2.64. The molecule has 2 aromatic rings. The number of sulfonamides is 1. The van der Waals surface area contributed by atoms with Gasteiger partial charge >= 0.3 is 0 Å². The maximum atomic E-state index is 11.4. The Hall–Kier alpha value is -2.58. The number of nitrogens with zero attached hydrogens (tertiary/aromatic N) is 1. The number of nitrogens with two attached hydrogens (primary N) is 1. The van der Waals surface area contributed by atoms with E-state index in [0.717, 1.165) is 16.9 Å². The number of rotatable bonds is 7. The lowest BCUT2D eigenvalue weighted by atomic mass is 10.2. The van der Waals surface area contributed by atoms with Crippen LogP contribution in [0.3, 0.4) is 0 Å². The van der Waals surface area contributed by atoms with E-state index in [0.29, 0.717) is 25.6 Å². The first-order valence-electron chi connectivity index (χ1n) is 8.19. The number of methoxy groups -OCH3 is 1. The van der Waals surface area contributed by atoms with Gasteiger partial charge in [0.25, 0.3) is 0 Å². The van der Waals surface area contributed by atoms with E-state index in [2.05, 4.69) is 15.6 Å². The third-order valence-electron chi connectivity index (χ3n) is 3.61. The van der Waals surface area contributed by atoms with Gasteiger partial charge in [-0.05, 0) is 42.3 Å². The van der Waals surface area contributed by atoms with Crippen LogP contribution in [0.4, 0.5) is 0 Å². The van der Waals surface area contributed by atoms with Crippen molar-refractivity contribution >= 4 is 16.0 Å². The molecule has 7 nitrogen and oxygen atoms in total. The highest BCUT2D eigenvalue weighted by atomic mass is 32.2. The summed E-state index contributed by atoms with van der Waals surface area (Å²) in [5, 5.41) is 11.6. The smallest absolute Gasteiger partial charge is 0.238 e. The molecule has 0 amide bonds. The summed E-state index contributed by atoms with van der Waals surface area (Å²) in [6.07, 6.45) is 0. The minimum atomic E-state index is -3.72. The fraction of sp³-hybridized carbons (Fsp3) is 0.278. The molecule has 0 aliphatic heterocycles. The molecule has 2 rings (SSSR count). The van der Waals surface area contributed by atoms with E-state index in [9.17, 15) is 8.42 Å². The number of ether oxygens (including phenoxy) is 1. The van der Waals surface area contributed by atoms with E-state index in [1.165, 1.54) is 12.1 Å². The van der Waals surface area contributed by atoms with Crippen LogP contribution in [0.25, 0.3) is 0 Å². The summed E-state index contributed by atoms with van der Waals surface area (Å²) in [5.41, 5.74) is 1.85. The van der Waals surface area contributed by atoms with E-state index in [1.54, 1.807) is 13.2 Å². The second-order valence-corrected chi connectivity index (χ2v) is 7.15. The number of benzene rings is 2. The van der Waals surface area contributed by atoms with Gasteiger partial charge in [0.2, 0.25) is 10.0 Å². The predicted molar refractivity (Wildman–Crippen MR) is 102 cm³/mol. The predicted octanol–water partition coefficient (Wildman–Crippen LogP) is 1.60. The Morgan fingerprint density at radius 3 is 2.46 bits per heavy atom. The van der Waals surface area contributed by atoms with Gasteiger partial charge in [-0.3, -0.25) is 0 Å². The summed E-state index contributed by atoms with van der Waals surface area (Å²) in [5.74, 6) is 1.45. The van der Waals surface area contributed by atoms with Gasteiger partial charge in [0.1, 0.15) is 5.75 Å². The zero-order chi connectivity index (χ0) is 19.0. The van der Waals surface area contributed by atoms with Crippen LogP contribution in [0.15, 0.2) is 58.4 Å². The van der Waals surface area contributed by atoms with Gasteiger partial charge in [0, 0.05) is 13.1 Å². The van der Waals surface area contributed by atoms with Gasteiger partial charge in [-0.25, -0.2) is 18.5 Å². The van der Waals surface area contributed by atoms with E-state index in [4.69, 9.17) is 9.88 Å². The number of hydrogen-bond donors (Lipinski definition) is 3. The van der Waals surface area contributed by atoms with Crippen molar-refractivity contribution in [3.63, 3.8) is 0 Å². The third kappa shape index (κ3) is 6.05. The molecule has 0 fully saturated rings. The van der Waals surface area contributed by atoms with E-state index in [1.807, 2.05) is 37.3 Å². The lowest BCUT2D eigenvalue weighted by Gasteiger charge is -2.12. The quantitative estimate of drug-likeness (QED) is 0.503. The van der Waals surface area contributed by atoms with Crippen molar-refractivity contribution < 1.29 is 13.2 Å². The summed E-state index contributed by atoms with van der Waals surface area (Å²) in [6.45, 7) is 3.63. The summed E-state index contributed by atoms with van der Waals surface area (Å²) in [6, 6.07) is 14.2. The molecular weight excluding hydrogens is 352 g/mol. The molecular formula is C18H24N4O3S. The number of guanidine groups is 1. The molecule has 0 aliphatic rings. The van der Waals surface area contributed by atoms with Gasteiger partial charge in [0.15, 0.2) is 5.96 Å². The molecule has 26 heavy (non-hydrogen) atoms. The summed E-state index contributed by atoms with van der Waals surface area (Å²) >= 11 is 0. The monoisotopic (exact) mass is 376 g/mol. The van der Waals surface area contributed by atoms with Crippen LogP contribution in [0.1, 0.15) is 18.1 Å². The van der Waals surface area contributed by atoms with E-state index >= 15 is 0 Å². The Morgan fingerprint density at radius 2 is 1.85 bits per heavy atom. The molecule has 8 heteroatoms. The summed E-state index contributed by atoms with van der Waals surface area (Å²) in [7, 11) is -2.08. The van der Waals surface area contributed by atoms with Gasteiger partial charge in [-0.1, -0.05) is 24.3 Å². The molecule has 0 radical (unpaired) electrons. The minimum Gasteiger partial charge on any atom is -0.497 e. The Bertz CT molecular complexity index is 849. The zero-order valence-corrected chi connectivity index (χ0v) is 15.7. The van der Waals surface area contributed by atoms with Crippen molar-refractivity contribution in [2.75, 3.05) is 13.7 Å². The maximum Gasteiger partial charge on any atom is 0.238 e. The molecule has 0 saturated heterocycles. The first-order chi connectivity index (χ1) is 12.4. The van der Waals surface area contributed by atoms with Crippen molar-refractivity contribution in [2.24, 2.45) is 10.1 Å². The first-order valence-corrected chi connectivity index (χ1v) is 9.74. The standard InChI is InChI=1S/C18H24N4O3S/c1-3-20-18(21-12-14-7-9-16(25-2)10-8-14)22-13-15-5-4-6-17(11-15)26(19,23)24/h4-11H,3,12-13H2,1-2H3,(H2,19,23,24)(H2,20,21,22). The van der Waals surface area contributed by atoms with Gasteiger partial charge in [0.05, 0.1) is 18.6 Å². The van der Waals surface area contributed by atoms with Crippen molar-refractivity contribution in [1.82, 2.24) is 10.6 Å². The largest absolute Gasteiger partial charge is 0.497 e. The topological polar surface area (TPSA) is 106 Å². The van der Waals surface area contributed by atoms with Crippen LogP contribution < -0.4 is 20.5 Å². The highest BCUT2D eigenvalue weighted by Crippen LogP contribution is 2.12. The SMILES string of the molecule is CCNC(=NCc1cccc(S(N)(=O)=O)c1)NCc1ccc(OC)cc1. The van der Waals surface area contributed by atoms with Crippen molar-refractivity contribution in [1.29, 1.82) is 0 Å². The average molecular weight is 376 g/mol. The van der Waals surface area contributed by atoms with Crippen LogP contribution in [-0.4, -0.2) is 28.0 Å². The van der Waals surface area contributed by atoms with E-state index < -0.39 is 10.0 Å². The lowest BCUT2D eigenvalue weighted by molar-refractivity contribution is 0.414. The lowest BCUT2D eigenvalue weighted by Crippen LogP contribution is -2.36. The van der Waals surface area contributed by atoms with Crippen LogP contribution >= 0.6 is 0 Å². The van der Waals surface area contributed by atoms with Crippen LogP contribution in [0.2, 0.25) is 0 Å².